The topological polar surface area (TPSA) is 26.3 Å². The van der Waals surface area contributed by atoms with E-state index in [1.165, 1.54) is 128 Å². The van der Waals surface area contributed by atoms with Crippen molar-refractivity contribution >= 4 is 14.3 Å². The molecule has 0 spiro atoms. The van der Waals surface area contributed by atoms with Crippen LogP contribution in [0.4, 0.5) is 0 Å². The molecule has 0 aromatic rings. The smallest absolute Gasteiger partial charge is 0.319 e. The van der Waals surface area contributed by atoms with Gasteiger partial charge >= 0.3 is 5.97 Å². The first-order chi connectivity index (χ1) is 16.5. The lowest BCUT2D eigenvalue weighted by Crippen LogP contribution is -2.40. The Labute approximate surface area is 216 Å². The summed E-state index contributed by atoms with van der Waals surface area (Å²) in [5.74, 6) is -0.126. The van der Waals surface area contributed by atoms with E-state index < -0.39 is 8.32 Å². The molecule has 0 N–H and O–H groups in total. The third-order valence-electron chi connectivity index (χ3n) is 7.34. The van der Waals surface area contributed by atoms with Crippen molar-refractivity contribution in [3.63, 3.8) is 0 Å². The quantitative estimate of drug-likeness (QED) is 0.0678. The lowest BCUT2D eigenvalue weighted by atomic mass is 10.1. The van der Waals surface area contributed by atoms with E-state index in [2.05, 4.69) is 27.4 Å². The summed E-state index contributed by atoms with van der Waals surface area (Å²) in [7, 11) is -2.01. The van der Waals surface area contributed by atoms with Gasteiger partial charge in [-0.3, -0.25) is 0 Å². The Morgan fingerprint density at radius 3 is 1.15 bits per heavy atom. The molecule has 0 unspecified atom stereocenters. The van der Waals surface area contributed by atoms with Crippen LogP contribution in [0.2, 0.25) is 18.1 Å². The van der Waals surface area contributed by atoms with Crippen molar-refractivity contribution in [3.05, 3.63) is 12.2 Å². The predicted molar refractivity (Wildman–Crippen MR) is 155 cm³/mol. The van der Waals surface area contributed by atoms with E-state index in [-0.39, 0.29) is 5.97 Å². The minimum absolute atomic E-state index is 0.126. The van der Waals surface area contributed by atoms with Crippen molar-refractivity contribution in [2.24, 2.45) is 0 Å². The van der Waals surface area contributed by atoms with Crippen molar-refractivity contribution in [3.8, 4) is 0 Å². The van der Waals surface area contributed by atoms with Gasteiger partial charge in [0.15, 0.2) is 0 Å². The maximum Gasteiger partial charge on any atom is 0.319 e. The molecule has 2 nitrogen and oxygen atoms in total. The van der Waals surface area contributed by atoms with Crippen LogP contribution in [0.1, 0.15) is 163 Å². The first-order valence-electron chi connectivity index (χ1n) is 15.4. The Kier molecular flexibility index (Phi) is 23.7. The SMILES string of the molecule is C=C(C)C(=O)O[Si](CCC)(CCCCCCCCCCCC)CCCCCCCCCCCC. The number of rotatable bonds is 26. The summed E-state index contributed by atoms with van der Waals surface area (Å²) in [4.78, 5) is 12.5. The monoisotopic (exact) mass is 494 g/mol. The van der Waals surface area contributed by atoms with Gasteiger partial charge in [-0.25, -0.2) is 4.79 Å². The first-order valence-corrected chi connectivity index (χ1v) is 17.9. The zero-order valence-corrected chi connectivity index (χ0v) is 25.0. The third-order valence-corrected chi connectivity index (χ3v) is 11.9. The fourth-order valence-electron chi connectivity index (χ4n) is 5.14. The number of carbonyl (C=O) groups excluding carboxylic acids is 1. The maximum atomic E-state index is 12.5. The van der Waals surface area contributed by atoms with Gasteiger partial charge in [-0.15, -0.1) is 0 Å². The fraction of sp³-hybridized carbons (Fsp3) is 0.903. The summed E-state index contributed by atoms with van der Waals surface area (Å²) in [5, 5.41) is 0. The summed E-state index contributed by atoms with van der Waals surface area (Å²) in [6.07, 6.45) is 28.3. The molecule has 0 aliphatic carbocycles. The Morgan fingerprint density at radius 1 is 0.529 bits per heavy atom. The second-order valence-corrected chi connectivity index (χ2v) is 15.0. The minimum Gasteiger partial charge on any atom is -0.516 e. The normalized spacial score (nSPS) is 11.6. The summed E-state index contributed by atoms with van der Waals surface area (Å²) in [5.41, 5.74) is 0.569. The van der Waals surface area contributed by atoms with Gasteiger partial charge in [0, 0.05) is 5.57 Å². The van der Waals surface area contributed by atoms with Gasteiger partial charge in [0.25, 0.3) is 8.32 Å². The van der Waals surface area contributed by atoms with Gasteiger partial charge in [-0.1, -0.05) is 162 Å². The molecular weight excluding hydrogens is 432 g/mol. The highest BCUT2D eigenvalue weighted by atomic mass is 28.4. The van der Waals surface area contributed by atoms with E-state index in [4.69, 9.17) is 4.43 Å². The van der Waals surface area contributed by atoms with Gasteiger partial charge in [0.2, 0.25) is 0 Å². The van der Waals surface area contributed by atoms with E-state index >= 15 is 0 Å². The molecule has 0 bridgehead atoms. The minimum atomic E-state index is -2.01. The van der Waals surface area contributed by atoms with E-state index in [0.717, 1.165) is 24.6 Å². The average Bonchev–Trinajstić information content (AvgIpc) is 2.81. The van der Waals surface area contributed by atoms with Crippen LogP contribution in [0.15, 0.2) is 12.2 Å². The molecule has 0 radical (unpaired) electrons. The number of hydrogen-bond donors (Lipinski definition) is 0. The van der Waals surface area contributed by atoms with Gasteiger partial charge in [-0.2, -0.15) is 0 Å². The molecule has 0 atom stereocenters. The summed E-state index contributed by atoms with van der Waals surface area (Å²) in [6.45, 7) is 12.5. The highest BCUT2D eigenvalue weighted by Crippen LogP contribution is 2.31. The highest BCUT2D eigenvalue weighted by Gasteiger charge is 2.36. The molecule has 0 aromatic heterocycles. The summed E-state index contributed by atoms with van der Waals surface area (Å²) < 4.78 is 6.31. The van der Waals surface area contributed by atoms with Gasteiger partial charge in [0.05, 0.1) is 0 Å². The molecular formula is C31H62O2Si. The largest absolute Gasteiger partial charge is 0.516 e. The molecule has 202 valence electrons. The maximum absolute atomic E-state index is 12.5. The zero-order chi connectivity index (χ0) is 25.3. The van der Waals surface area contributed by atoms with Crippen LogP contribution in [-0.2, 0) is 9.22 Å². The van der Waals surface area contributed by atoms with Crippen LogP contribution in [0, 0.1) is 0 Å². The molecule has 0 heterocycles. The molecule has 0 fully saturated rings. The third kappa shape index (κ3) is 19.7. The number of hydrogen-bond acceptors (Lipinski definition) is 2. The predicted octanol–water partition coefficient (Wildman–Crippen LogP) is 11.3. The molecule has 34 heavy (non-hydrogen) atoms. The van der Waals surface area contributed by atoms with Gasteiger partial charge in [0.1, 0.15) is 0 Å². The lowest BCUT2D eigenvalue weighted by Gasteiger charge is -2.31. The average molecular weight is 495 g/mol. The molecule has 0 rings (SSSR count). The van der Waals surface area contributed by atoms with E-state index in [1.54, 1.807) is 6.92 Å². The van der Waals surface area contributed by atoms with Crippen LogP contribution >= 0.6 is 0 Å². The Balaban J connectivity index is 4.34. The highest BCUT2D eigenvalue weighted by molar-refractivity contribution is 6.75. The second-order valence-electron chi connectivity index (χ2n) is 11.0. The first kappa shape index (κ1) is 33.4. The van der Waals surface area contributed by atoms with E-state index in [0.29, 0.717) is 5.57 Å². The van der Waals surface area contributed by atoms with Crippen molar-refractivity contribution in [2.45, 2.75) is 181 Å². The molecule has 0 amide bonds. The molecule has 0 aromatic carbocycles. The number of unbranched alkanes of at least 4 members (excludes halogenated alkanes) is 18. The molecule has 0 saturated heterocycles. The van der Waals surface area contributed by atoms with Gasteiger partial charge in [-0.05, 0) is 25.1 Å². The van der Waals surface area contributed by atoms with Crippen LogP contribution in [0.5, 0.6) is 0 Å². The van der Waals surface area contributed by atoms with Crippen LogP contribution in [0.3, 0.4) is 0 Å². The van der Waals surface area contributed by atoms with Crippen molar-refractivity contribution < 1.29 is 9.22 Å². The molecule has 3 heteroatoms. The zero-order valence-electron chi connectivity index (χ0n) is 24.0. The molecule has 0 aliphatic heterocycles. The van der Waals surface area contributed by atoms with Crippen molar-refractivity contribution in [1.82, 2.24) is 0 Å². The van der Waals surface area contributed by atoms with Crippen molar-refractivity contribution in [2.75, 3.05) is 0 Å². The Morgan fingerprint density at radius 2 is 0.853 bits per heavy atom. The van der Waals surface area contributed by atoms with E-state index in [1.807, 2.05) is 0 Å². The Bertz CT molecular complexity index is 450. The van der Waals surface area contributed by atoms with Crippen molar-refractivity contribution in [1.29, 1.82) is 0 Å². The fourth-order valence-corrected chi connectivity index (χ4v) is 9.46. The second kappa shape index (κ2) is 24.1. The summed E-state index contributed by atoms with van der Waals surface area (Å²) in [6, 6.07) is 3.45. The number of carbonyl (C=O) groups is 1. The van der Waals surface area contributed by atoms with Crippen LogP contribution < -0.4 is 0 Å². The van der Waals surface area contributed by atoms with Crippen LogP contribution in [0.25, 0.3) is 0 Å². The van der Waals surface area contributed by atoms with Crippen LogP contribution in [-0.4, -0.2) is 14.3 Å². The van der Waals surface area contributed by atoms with E-state index in [9.17, 15) is 4.79 Å². The Hall–Kier alpha value is -0.573. The summed E-state index contributed by atoms with van der Waals surface area (Å²) >= 11 is 0. The molecule has 0 saturated carbocycles. The molecule has 0 aliphatic rings. The van der Waals surface area contributed by atoms with Gasteiger partial charge < -0.3 is 4.43 Å². The standard InChI is InChI=1S/C31H62O2Si/c1-6-9-11-13-15-17-19-21-23-25-28-34(27-8-3,33-31(32)30(4)5)29-26-24-22-20-18-16-14-12-10-7-2/h4,6-29H2,1-3,5H3. The lowest BCUT2D eigenvalue weighted by molar-refractivity contribution is -0.131.